The number of aliphatic imine (C=N–C) groups is 1. The third-order valence-electron chi connectivity index (χ3n) is 5.83. The van der Waals surface area contributed by atoms with Crippen LogP contribution in [0, 0.1) is 5.92 Å². The van der Waals surface area contributed by atoms with Gasteiger partial charge >= 0.3 is 0 Å². The molecule has 7 heteroatoms. The molecule has 1 aromatic carbocycles. The molecule has 0 saturated carbocycles. The maximum absolute atomic E-state index is 6.57. The number of nitrogens with zero attached hydrogens (tertiary/aromatic N) is 2. The molecular formula is C21H33ClIN3O2. The predicted octanol–water partition coefficient (Wildman–Crippen LogP) is 3.94. The monoisotopic (exact) mass is 521 g/mol. The molecule has 1 N–H and O–H groups in total. The molecule has 2 fully saturated rings. The zero-order valence-electron chi connectivity index (χ0n) is 17.0. The van der Waals surface area contributed by atoms with Crippen LogP contribution < -0.4 is 5.32 Å². The third-order valence-corrected chi connectivity index (χ3v) is 6.16. The average Bonchev–Trinajstić information content (AvgIpc) is 3.16. The molecular weight excluding hydrogens is 489 g/mol. The van der Waals surface area contributed by atoms with Crippen molar-refractivity contribution in [2.45, 2.75) is 31.6 Å². The highest BCUT2D eigenvalue weighted by molar-refractivity contribution is 14.0. The second-order valence-corrected chi connectivity index (χ2v) is 7.94. The Labute approximate surface area is 191 Å². The molecule has 0 bridgehead atoms. The lowest BCUT2D eigenvalue weighted by molar-refractivity contribution is 0.0512. The van der Waals surface area contributed by atoms with Gasteiger partial charge in [-0.3, -0.25) is 4.99 Å². The SMILES string of the molecule is CCOCC1CCN(C(=NC)NCC2(c3ccccc3Cl)CCOCC2)C1.I. The molecule has 28 heavy (non-hydrogen) atoms. The summed E-state index contributed by atoms with van der Waals surface area (Å²) < 4.78 is 11.3. The second-order valence-electron chi connectivity index (χ2n) is 7.53. The Balaban J connectivity index is 0.00000280. The van der Waals surface area contributed by atoms with Crippen molar-refractivity contribution < 1.29 is 9.47 Å². The van der Waals surface area contributed by atoms with Gasteiger partial charge < -0.3 is 19.7 Å². The number of hydrogen-bond donors (Lipinski definition) is 1. The fourth-order valence-electron chi connectivity index (χ4n) is 4.22. The molecule has 2 aliphatic rings. The fraction of sp³-hybridized carbons (Fsp3) is 0.667. The highest BCUT2D eigenvalue weighted by Gasteiger charge is 2.37. The van der Waals surface area contributed by atoms with Gasteiger partial charge in [-0.25, -0.2) is 0 Å². The van der Waals surface area contributed by atoms with Crippen molar-refractivity contribution in [1.29, 1.82) is 0 Å². The van der Waals surface area contributed by atoms with E-state index in [9.17, 15) is 0 Å². The second kappa shape index (κ2) is 11.6. The first-order chi connectivity index (χ1) is 13.2. The van der Waals surface area contributed by atoms with Crippen LogP contribution in [0.25, 0.3) is 0 Å². The van der Waals surface area contributed by atoms with Gasteiger partial charge in [-0.15, -0.1) is 24.0 Å². The largest absolute Gasteiger partial charge is 0.381 e. The molecule has 0 aromatic heterocycles. The Morgan fingerprint density at radius 3 is 2.79 bits per heavy atom. The van der Waals surface area contributed by atoms with E-state index < -0.39 is 0 Å². The van der Waals surface area contributed by atoms with E-state index in [1.807, 2.05) is 19.2 Å². The lowest BCUT2D eigenvalue weighted by Gasteiger charge is -2.39. The lowest BCUT2D eigenvalue weighted by atomic mass is 9.74. The Kier molecular flexibility index (Phi) is 9.80. The van der Waals surface area contributed by atoms with E-state index in [1.165, 1.54) is 5.56 Å². The minimum absolute atomic E-state index is 0. The number of nitrogens with one attached hydrogen (secondary N) is 1. The van der Waals surface area contributed by atoms with Gasteiger partial charge in [0.2, 0.25) is 0 Å². The van der Waals surface area contributed by atoms with E-state index in [4.69, 9.17) is 21.1 Å². The molecule has 2 heterocycles. The van der Waals surface area contributed by atoms with Crippen LogP contribution >= 0.6 is 35.6 Å². The summed E-state index contributed by atoms with van der Waals surface area (Å²) in [5.74, 6) is 1.57. The molecule has 2 saturated heterocycles. The summed E-state index contributed by atoms with van der Waals surface area (Å²) in [5.41, 5.74) is 1.20. The quantitative estimate of drug-likeness (QED) is 0.350. The predicted molar refractivity (Wildman–Crippen MR) is 126 cm³/mol. The molecule has 1 unspecified atom stereocenters. The van der Waals surface area contributed by atoms with Gasteiger partial charge in [0.15, 0.2) is 5.96 Å². The zero-order valence-corrected chi connectivity index (χ0v) is 20.0. The van der Waals surface area contributed by atoms with Crippen LogP contribution in [0.15, 0.2) is 29.3 Å². The fourth-order valence-corrected chi connectivity index (χ4v) is 4.56. The van der Waals surface area contributed by atoms with E-state index in [2.05, 4.69) is 34.3 Å². The molecule has 0 aliphatic carbocycles. The number of guanidine groups is 1. The smallest absolute Gasteiger partial charge is 0.193 e. The first-order valence-corrected chi connectivity index (χ1v) is 10.4. The summed E-state index contributed by atoms with van der Waals surface area (Å²) in [6.45, 7) is 8.06. The van der Waals surface area contributed by atoms with Crippen LogP contribution in [0.3, 0.4) is 0 Å². The number of rotatable bonds is 6. The highest BCUT2D eigenvalue weighted by atomic mass is 127. The van der Waals surface area contributed by atoms with Crippen molar-refractivity contribution in [2.24, 2.45) is 10.9 Å². The van der Waals surface area contributed by atoms with Crippen molar-refractivity contribution in [3.63, 3.8) is 0 Å². The number of halogens is 2. The third kappa shape index (κ3) is 5.74. The highest BCUT2D eigenvalue weighted by Crippen LogP contribution is 2.38. The molecule has 0 spiro atoms. The zero-order chi connectivity index (χ0) is 19.1. The van der Waals surface area contributed by atoms with Crippen LogP contribution in [0.2, 0.25) is 5.02 Å². The minimum Gasteiger partial charge on any atom is -0.381 e. The van der Waals surface area contributed by atoms with Crippen molar-refractivity contribution in [3.05, 3.63) is 34.9 Å². The van der Waals surface area contributed by atoms with E-state index >= 15 is 0 Å². The van der Waals surface area contributed by atoms with E-state index in [0.29, 0.717) is 5.92 Å². The molecule has 1 atom stereocenters. The van der Waals surface area contributed by atoms with Crippen LogP contribution in [0.1, 0.15) is 31.7 Å². The average molecular weight is 522 g/mol. The van der Waals surface area contributed by atoms with Gasteiger partial charge in [-0.05, 0) is 37.8 Å². The molecule has 2 aliphatic heterocycles. The summed E-state index contributed by atoms with van der Waals surface area (Å²) in [4.78, 5) is 6.89. The summed E-state index contributed by atoms with van der Waals surface area (Å²) in [7, 11) is 1.87. The van der Waals surface area contributed by atoms with E-state index in [0.717, 1.165) is 76.3 Å². The maximum atomic E-state index is 6.57. The topological polar surface area (TPSA) is 46.1 Å². The number of benzene rings is 1. The lowest BCUT2D eigenvalue weighted by Crippen LogP contribution is -2.49. The minimum atomic E-state index is -0.0169. The molecule has 1 aromatic rings. The van der Waals surface area contributed by atoms with Gasteiger partial charge in [0, 0.05) is 62.9 Å². The van der Waals surface area contributed by atoms with Crippen LogP contribution in [-0.4, -0.2) is 64.0 Å². The molecule has 0 amide bonds. The number of likely N-dealkylation sites (tertiary alicyclic amines) is 1. The van der Waals surface area contributed by atoms with Gasteiger partial charge in [0.05, 0.1) is 6.61 Å². The first-order valence-electron chi connectivity index (χ1n) is 10.0. The van der Waals surface area contributed by atoms with Crippen LogP contribution in [-0.2, 0) is 14.9 Å². The standard InChI is InChI=1S/C21H32ClN3O2.HI/c1-3-26-15-17-8-11-25(14-17)20(23-2)24-16-21(9-12-27-13-10-21)18-6-4-5-7-19(18)22;/h4-7,17H,3,8-16H2,1-2H3,(H,23,24);1H. The van der Waals surface area contributed by atoms with Gasteiger partial charge in [0.25, 0.3) is 0 Å². The Hall–Kier alpha value is -0.570. The number of hydrogen-bond acceptors (Lipinski definition) is 3. The van der Waals surface area contributed by atoms with Gasteiger partial charge in [-0.2, -0.15) is 0 Å². The summed E-state index contributed by atoms with van der Waals surface area (Å²) in [5, 5.41) is 4.49. The van der Waals surface area contributed by atoms with Gasteiger partial charge in [0.1, 0.15) is 0 Å². The summed E-state index contributed by atoms with van der Waals surface area (Å²) in [6.07, 6.45) is 3.09. The summed E-state index contributed by atoms with van der Waals surface area (Å²) in [6, 6.07) is 8.22. The van der Waals surface area contributed by atoms with Crippen LogP contribution in [0.5, 0.6) is 0 Å². The Bertz CT molecular complexity index is 638. The van der Waals surface area contributed by atoms with Crippen molar-refractivity contribution in [1.82, 2.24) is 10.2 Å². The van der Waals surface area contributed by atoms with Crippen LogP contribution in [0.4, 0.5) is 0 Å². The Morgan fingerprint density at radius 1 is 1.36 bits per heavy atom. The Morgan fingerprint density at radius 2 is 2.11 bits per heavy atom. The number of ether oxygens (including phenoxy) is 2. The maximum Gasteiger partial charge on any atom is 0.193 e. The normalized spacial score (nSPS) is 22.0. The molecule has 3 rings (SSSR count). The molecule has 5 nitrogen and oxygen atoms in total. The van der Waals surface area contributed by atoms with Gasteiger partial charge in [-0.1, -0.05) is 29.8 Å². The molecule has 158 valence electrons. The van der Waals surface area contributed by atoms with Crippen molar-refractivity contribution in [2.75, 3.05) is 53.1 Å². The van der Waals surface area contributed by atoms with Crippen molar-refractivity contribution >= 4 is 41.5 Å². The van der Waals surface area contributed by atoms with E-state index in [-0.39, 0.29) is 29.4 Å². The summed E-state index contributed by atoms with van der Waals surface area (Å²) >= 11 is 6.57. The first kappa shape index (κ1) is 23.7. The molecule has 0 radical (unpaired) electrons. The van der Waals surface area contributed by atoms with Crippen molar-refractivity contribution in [3.8, 4) is 0 Å². The van der Waals surface area contributed by atoms with E-state index in [1.54, 1.807) is 0 Å².